The van der Waals surface area contributed by atoms with Gasteiger partial charge in [-0.2, -0.15) is 0 Å². The Hall–Kier alpha value is -0.880. The van der Waals surface area contributed by atoms with Gasteiger partial charge in [0.25, 0.3) is 0 Å². The molecule has 1 aliphatic carbocycles. The lowest BCUT2D eigenvalue weighted by atomic mass is 9.89. The summed E-state index contributed by atoms with van der Waals surface area (Å²) in [5.41, 5.74) is 0. The number of likely N-dealkylation sites (tertiary alicyclic amines) is 1. The predicted molar refractivity (Wildman–Crippen MR) is 75.4 cm³/mol. The van der Waals surface area contributed by atoms with Gasteiger partial charge in [-0.15, -0.1) is 0 Å². The highest BCUT2D eigenvalue weighted by Crippen LogP contribution is 2.25. The van der Waals surface area contributed by atoms with Crippen LogP contribution in [0.4, 0.5) is 9.18 Å². The maximum atomic E-state index is 12.0. The zero-order chi connectivity index (χ0) is 14.4. The molecule has 1 saturated heterocycles. The highest BCUT2D eigenvalue weighted by Gasteiger charge is 2.31. The lowest BCUT2D eigenvalue weighted by molar-refractivity contribution is 0.00777. The first-order valence-corrected chi connectivity index (χ1v) is 7.73. The Labute approximate surface area is 119 Å². The van der Waals surface area contributed by atoms with Crippen LogP contribution < -0.4 is 10.6 Å². The first-order chi connectivity index (χ1) is 9.70. The summed E-state index contributed by atoms with van der Waals surface area (Å²) < 4.78 is 12.0. The minimum absolute atomic E-state index is 0.0684. The van der Waals surface area contributed by atoms with Gasteiger partial charge in [0.2, 0.25) is 0 Å². The summed E-state index contributed by atoms with van der Waals surface area (Å²) in [6, 6.07) is 0.176. The van der Waals surface area contributed by atoms with Crippen LogP contribution >= 0.6 is 0 Å². The van der Waals surface area contributed by atoms with Crippen LogP contribution in [-0.2, 0) is 0 Å². The monoisotopic (exact) mass is 287 g/mol. The summed E-state index contributed by atoms with van der Waals surface area (Å²) in [6.07, 6.45) is 5.92. The number of aliphatic hydroxyl groups excluding tert-OH is 1. The smallest absolute Gasteiger partial charge is 0.315 e. The average molecular weight is 287 g/mol. The molecule has 116 valence electrons. The number of hydrogen-bond acceptors (Lipinski definition) is 3. The summed E-state index contributed by atoms with van der Waals surface area (Å²) in [7, 11) is 0. The molecule has 2 aliphatic rings. The first-order valence-electron chi connectivity index (χ1n) is 7.73. The van der Waals surface area contributed by atoms with Gasteiger partial charge < -0.3 is 15.7 Å². The Kier molecular flexibility index (Phi) is 6.04. The second kappa shape index (κ2) is 7.78. The van der Waals surface area contributed by atoms with Gasteiger partial charge in [-0.25, -0.2) is 9.18 Å². The molecule has 0 spiro atoms. The largest absolute Gasteiger partial charge is 0.391 e. The molecule has 1 heterocycles. The number of urea groups is 1. The van der Waals surface area contributed by atoms with E-state index in [-0.39, 0.29) is 24.7 Å². The second-order valence-corrected chi connectivity index (χ2v) is 5.82. The first kappa shape index (κ1) is 15.5. The van der Waals surface area contributed by atoms with Crippen molar-refractivity contribution in [3.8, 4) is 0 Å². The molecule has 0 aromatic rings. The van der Waals surface area contributed by atoms with Gasteiger partial charge in [0.1, 0.15) is 6.67 Å². The van der Waals surface area contributed by atoms with E-state index in [4.69, 9.17) is 0 Å². The molecular weight excluding hydrogens is 261 g/mol. The third-order valence-electron chi connectivity index (χ3n) is 4.41. The molecule has 6 heteroatoms. The zero-order valence-electron chi connectivity index (χ0n) is 12.0. The van der Waals surface area contributed by atoms with Crippen LogP contribution in [0.3, 0.4) is 0 Å². The van der Waals surface area contributed by atoms with Crippen molar-refractivity contribution in [1.29, 1.82) is 0 Å². The van der Waals surface area contributed by atoms with Crippen molar-refractivity contribution >= 4 is 6.03 Å². The Bertz CT molecular complexity index is 309. The number of aliphatic hydroxyl groups is 1. The van der Waals surface area contributed by atoms with Crippen LogP contribution in [0, 0.1) is 0 Å². The predicted octanol–water partition coefficient (Wildman–Crippen LogP) is 1.02. The fourth-order valence-corrected chi connectivity index (χ4v) is 3.29. The number of carbonyl (C=O) groups is 1. The molecule has 1 aliphatic heterocycles. The van der Waals surface area contributed by atoms with E-state index in [9.17, 15) is 14.3 Å². The van der Waals surface area contributed by atoms with Crippen LogP contribution in [0.2, 0.25) is 0 Å². The highest BCUT2D eigenvalue weighted by atomic mass is 19.1. The SMILES string of the molecule is O=C(NCCF)NC1CCN([C@H]2CCCC[C@H]2O)CC1. The number of alkyl halides is 1. The molecule has 0 radical (unpaired) electrons. The Morgan fingerprint density at radius 3 is 2.55 bits per heavy atom. The minimum atomic E-state index is -0.536. The molecule has 3 N–H and O–H groups in total. The van der Waals surface area contributed by atoms with Gasteiger partial charge in [-0.05, 0) is 25.7 Å². The van der Waals surface area contributed by atoms with Crippen LogP contribution in [0.1, 0.15) is 38.5 Å². The minimum Gasteiger partial charge on any atom is -0.391 e. The number of carbonyl (C=O) groups excluding carboxylic acids is 1. The summed E-state index contributed by atoms with van der Waals surface area (Å²) in [5, 5.41) is 15.4. The van der Waals surface area contributed by atoms with Crippen molar-refractivity contribution in [3.63, 3.8) is 0 Å². The summed E-state index contributed by atoms with van der Waals surface area (Å²) in [4.78, 5) is 13.8. The van der Waals surface area contributed by atoms with Crippen LogP contribution in [0.5, 0.6) is 0 Å². The number of amides is 2. The second-order valence-electron chi connectivity index (χ2n) is 5.82. The molecule has 0 aromatic carbocycles. The molecule has 0 aromatic heterocycles. The van der Waals surface area contributed by atoms with Gasteiger partial charge in [0, 0.05) is 31.7 Å². The molecule has 5 nitrogen and oxygen atoms in total. The van der Waals surface area contributed by atoms with E-state index in [2.05, 4.69) is 15.5 Å². The van der Waals surface area contributed by atoms with Crippen molar-refractivity contribution in [2.24, 2.45) is 0 Å². The maximum absolute atomic E-state index is 12.0. The Morgan fingerprint density at radius 1 is 1.20 bits per heavy atom. The quantitative estimate of drug-likeness (QED) is 0.723. The van der Waals surface area contributed by atoms with Crippen molar-refractivity contribution < 1.29 is 14.3 Å². The zero-order valence-corrected chi connectivity index (χ0v) is 12.0. The molecule has 2 fully saturated rings. The van der Waals surface area contributed by atoms with Gasteiger partial charge in [0.15, 0.2) is 0 Å². The van der Waals surface area contributed by atoms with Gasteiger partial charge >= 0.3 is 6.03 Å². The Morgan fingerprint density at radius 2 is 1.90 bits per heavy atom. The molecule has 2 atom stereocenters. The number of halogens is 1. The van der Waals surface area contributed by atoms with Crippen molar-refractivity contribution in [1.82, 2.24) is 15.5 Å². The Balaban J connectivity index is 1.70. The van der Waals surface area contributed by atoms with Crippen molar-refractivity contribution in [2.75, 3.05) is 26.3 Å². The van der Waals surface area contributed by atoms with E-state index >= 15 is 0 Å². The number of rotatable bonds is 4. The van der Waals surface area contributed by atoms with E-state index in [0.717, 1.165) is 45.2 Å². The van der Waals surface area contributed by atoms with Crippen molar-refractivity contribution in [2.45, 2.75) is 56.7 Å². The molecule has 2 rings (SSSR count). The highest BCUT2D eigenvalue weighted by molar-refractivity contribution is 5.74. The normalized spacial score (nSPS) is 29.1. The van der Waals surface area contributed by atoms with E-state index in [1.165, 1.54) is 6.42 Å². The third kappa shape index (κ3) is 4.31. The van der Waals surface area contributed by atoms with Gasteiger partial charge in [0.05, 0.1) is 6.10 Å². The van der Waals surface area contributed by atoms with Gasteiger partial charge in [-0.1, -0.05) is 12.8 Å². The lowest BCUT2D eigenvalue weighted by Gasteiger charge is -2.41. The molecule has 0 unspecified atom stereocenters. The van der Waals surface area contributed by atoms with E-state index < -0.39 is 6.67 Å². The lowest BCUT2D eigenvalue weighted by Crippen LogP contribution is -2.53. The van der Waals surface area contributed by atoms with E-state index in [0.29, 0.717) is 6.04 Å². The average Bonchev–Trinajstić information content (AvgIpc) is 2.47. The number of piperidine rings is 1. The number of hydrogen-bond donors (Lipinski definition) is 3. The van der Waals surface area contributed by atoms with Crippen molar-refractivity contribution in [3.05, 3.63) is 0 Å². The summed E-state index contributed by atoms with van der Waals surface area (Å²) in [5.74, 6) is 0. The molecule has 0 bridgehead atoms. The van der Waals surface area contributed by atoms with Crippen LogP contribution in [0.25, 0.3) is 0 Å². The van der Waals surface area contributed by atoms with E-state index in [1.807, 2.05) is 0 Å². The topological polar surface area (TPSA) is 64.6 Å². The van der Waals surface area contributed by atoms with Crippen LogP contribution in [-0.4, -0.2) is 60.5 Å². The standard InChI is InChI=1S/C14H26FN3O2/c15-7-8-16-14(20)17-11-5-9-18(10-6-11)12-3-1-2-4-13(12)19/h11-13,19H,1-10H2,(H2,16,17,20)/t12-,13+/m0/s1. The molecule has 2 amide bonds. The van der Waals surface area contributed by atoms with Gasteiger partial charge in [-0.3, -0.25) is 4.90 Å². The maximum Gasteiger partial charge on any atom is 0.315 e. The number of nitrogens with zero attached hydrogens (tertiary/aromatic N) is 1. The fraction of sp³-hybridized carbons (Fsp3) is 0.929. The molecular formula is C14H26FN3O2. The molecule has 20 heavy (non-hydrogen) atoms. The number of nitrogens with one attached hydrogen (secondary N) is 2. The fourth-order valence-electron chi connectivity index (χ4n) is 3.29. The van der Waals surface area contributed by atoms with E-state index in [1.54, 1.807) is 0 Å². The third-order valence-corrected chi connectivity index (χ3v) is 4.41. The summed E-state index contributed by atoms with van der Waals surface area (Å²) in [6.45, 7) is 1.36. The molecule has 1 saturated carbocycles. The summed E-state index contributed by atoms with van der Waals surface area (Å²) >= 11 is 0. The van der Waals surface area contributed by atoms with Crippen LogP contribution in [0.15, 0.2) is 0 Å².